The van der Waals surface area contributed by atoms with Gasteiger partial charge in [0.1, 0.15) is 22.3 Å². The van der Waals surface area contributed by atoms with Gasteiger partial charge in [-0.1, -0.05) is 152 Å². The summed E-state index contributed by atoms with van der Waals surface area (Å²) < 4.78 is 12.6. The van der Waals surface area contributed by atoms with Crippen LogP contribution in [-0.4, -0.2) is 15.0 Å². The zero-order chi connectivity index (χ0) is 40.7. The van der Waals surface area contributed by atoms with E-state index >= 15 is 0 Å². The van der Waals surface area contributed by atoms with Crippen molar-refractivity contribution in [3.8, 4) is 56.4 Å². The van der Waals surface area contributed by atoms with Crippen molar-refractivity contribution in [1.29, 1.82) is 0 Å². The highest BCUT2D eigenvalue weighted by Gasteiger charge is 2.20. The molecule has 0 saturated heterocycles. The topological polar surface area (TPSA) is 65.0 Å². The van der Waals surface area contributed by atoms with Crippen LogP contribution in [0.2, 0.25) is 0 Å². The third-order valence-electron chi connectivity index (χ3n) is 12.3. The summed E-state index contributed by atoms with van der Waals surface area (Å²) in [6.45, 7) is 0. The summed E-state index contributed by atoms with van der Waals surface area (Å²) in [5.74, 6) is 1.78. The molecule has 0 aliphatic rings. The highest BCUT2D eigenvalue weighted by molar-refractivity contribution is 6.13. The fraction of sp³-hybridized carbons (Fsp3) is 0. The van der Waals surface area contributed by atoms with Crippen LogP contribution in [0.4, 0.5) is 0 Å². The van der Waals surface area contributed by atoms with Gasteiger partial charge in [-0.25, -0.2) is 15.0 Å². The molecule has 0 fully saturated rings. The molecule has 3 aromatic heterocycles. The first kappa shape index (κ1) is 34.5. The molecule has 0 atom stereocenters. The van der Waals surface area contributed by atoms with E-state index in [2.05, 4.69) is 158 Å². The standard InChI is InChI=1S/C57H33N3O2/c1-2-11-37-30-38(25-22-34(37)10-1)35-20-23-36(24-21-35)55-58-56(60-57(59-55)48-16-9-19-52-54(48)47-15-6-8-18-51(47)61-52)46-29-28-42(43-12-3-4-13-44(43)46)40-27-26-39-32-49-45-14-5-7-17-50(45)62-53(49)33-41(39)31-40/h1-33H. The number of hydrogen-bond donors (Lipinski definition) is 0. The number of benzene rings is 10. The molecular formula is C57H33N3O2. The number of nitrogens with zero attached hydrogens (tertiary/aromatic N) is 3. The molecule has 0 spiro atoms. The van der Waals surface area contributed by atoms with Crippen molar-refractivity contribution in [1.82, 2.24) is 15.0 Å². The molecule has 13 rings (SSSR count). The quantitative estimate of drug-likeness (QED) is 0.174. The zero-order valence-corrected chi connectivity index (χ0v) is 33.2. The van der Waals surface area contributed by atoms with Gasteiger partial charge in [0.15, 0.2) is 17.5 Å². The molecule has 0 unspecified atom stereocenters. The van der Waals surface area contributed by atoms with Gasteiger partial charge < -0.3 is 8.83 Å². The van der Waals surface area contributed by atoms with Crippen molar-refractivity contribution in [3.63, 3.8) is 0 Å². The lowest BCUT2D eigenvalue weighted by molar-refractivity contribution is 0.669. The van der Waals surface area contributed by atoms with Crippen LogP contribution in [0.25, 0.3) is 133 Å². The van der Waals surface area contributed by atoms with Gasteiger partial charge in [-0.05, 0) is 103 Å². The van der Waals surface area contributed by atoms with Gasteiger partial charge in [0.05, 0.1) is 0 Å². The van der Waals surface area contributed by atoms with Crippen molar-refractivity contribution >= 4 is 76.2 Å². The monoisotopic (exact) mass is 791 g/mol. The van der Waals surface area contributed by atoms with Gasteiger partial charge in [-0.3, -0.25) is 0 Å². The summed E-state index contributed by atoms with van der Waals surface area (Å²) in [5.41, 5.74) is 10.7. The third kappa shape index (κ3) is 5.52. The maximum atomic E-state index is 6.32. The zero-order valence-electron chi connectivity index (χ0n) is 33.2. The lowest BCUT2D eigenvalue weighted by atomic mass is 9.93. The van der Waals surface area contributed by atoms with E-state index in [1.807, 2.05) is 42.5 Å². The first-order valence-corrected chi connectivity index (χ1v) is 20.8. The second-order valence-corrected chi connectivity index (χ2v) is 15.9. The first-order chi connectivity index (χ1) is 30.7. The Kier molecular flexibility index (Phi) is 7.54. The Balaban J connectivity index is 0.971. The van der Waals surface area contributed by atoms with E-state index in [-0.39, 0.29) is 0 Å². The number of furan rings is 2. The van der Waals surface area contributed by atoms with Gasteiger partial charge in [0.25, 0.3) is 0 Å². The van der Waals surface area contributed by atoms with Gasteiger partial charge in [-0.15, -0.1) is 0 Å². The van der Waals surface area contributed by atoms with E-state index in [0.717, 1.165) is 99.0 Å². The molecule has 0 aliphatic heterocycles. The van der Waals surface area contributed by atoms with Crippen LogP contribution in [-0.2, 0) is 0 Å². The Morgan fingerprint density at radius 2 is 0.806 bits per heavy atom. The average Bonchev–Trinajstić information content (AvgIpc) is 3.90. The highest BCUT2D eigenvalue weighted by atomic mass is 16.3. The minimum atomic E-state index is 0.584. The van der Waals surface area contributed by atoms with Gasteiger partial charge >= 0.3 is 0 Å². The third-order valence-corrected chi connectivity index (χ3v) is 12.3. The maximum Gasteiger partial charge on any atom is 0.164 e. The molecule has 0 bridgehead atoms. The highest BCUT2D eigenvalue weighted by Crippen LogP contribution is 2.40. The molecule has 0 saturated carbocycles. The van der Waals surface area contributed by atoms with Crippen LogP contribution < -0.4 is 0 Å². The summed E-state index contributed by atoms with van der Waals surface area (Å²) in [7, 11) is 0. The van der Waals surface area contributed by atoms with Crippen molar-refractivity contribution in [2.24, 2.45) is 0 Å². The van der Waals surface area contributed by atoms with Crippen molar-refractivity contribution in [3.05, 3.63) is 200 Å². The smallest absolute Gasteiger partial charge is 0.164 e. The molecule has 0 amide bonds. The summed E-state index contributed by atoms with van der Waals surface area (Å²) in [4.78, 5) is 15.8. The number of para-hydroxylation sites is 2. The Morgan fingerprint density at radius 3 is 1.65 bits per heavy atom. The van der Waals surface area contributed by atoms with E-state index in [4.69, 9.17) is 23.8 Å². The largest absolute Gasteiger partial charge is 0.456 e. The summed E-state index contributed by atoms with van der Waals surface area (Å²) >= 11 is 0. The van der Waals surface area contributed by atoms with Gasteiger partial charge in [-0.2, -0.15) is 0 Å². The minimum absolute atomic E-state index is 0.584. The summed E-state index contributed by atoms with van der Waals surface area (Å²) in [5, 5.41) is 11.2. The number of fused-ring (bicyclic) bond motifs is 9. The summed E-state index contributed by atoms with van der Waals surface area (Å²) in [6.07, 6.45) is 0. The SMILES string of the molecule is c1ccc2cc(-c3ccc(-c4nc(-c5ccc(-c6ccc7cc8c(cc7c6)oc6ccccc68)c6ccccc56)nc(-c5cccc6oc7ccccc7c56)n4)cc3)ccc2c1. The molecule has 288 valence electrons. The Bertz CT molecular complexity index is 3940. The van der Waals surface area contributed by atoms with Crippen molar-refractivity contribution < 1.29 is 8.83 Å². The second-order valence-electron chi connectivity index (χ2n) is 15.9. The Labute approximate surface area is 355 Å². The predicted molar refractivity (Wildman–Crippen MR) is 254 cm³/mol. The van der Waals surface area contributed by atoms with Crippen LogP contribution in [0.5, 0.6) is 0 Å². The second kappa shape index (κ2) is 13.6. The molecule has 0 radical (unpaired) electrons. The van der Waals surface area contributed by atoms with E-state index in [1.165, 1.54) is 16.2 Å². The molecule has 5 nitrogen and oxygen atoms in total. The fourth-order valence-corrected chi connectivity index (χ4v) is 9.27. The molecule has 3 heterocycles. The van der Waals surface area contributed by atoms with Crippen LogP contribution in [0.3, 0.4) is 0 Å². The molecule has 13 aromatic rings. The lowest BCUT2D eigenvalue weighted by Crippen LogP contribution is -2.01. The number of hydrogen-bond acceptors (Lipinski definition) is 5. The number of aromatic nitrogens is 3. The predicted octanol–water partition coefficient (Wildman–Crippen LogP) is 15.5. The van der Waals surface area contributed by atoms with Crippen LogP contribution in [0.15, 0.2) is 209 Å². The minimum Gasteiger partial charge on any atom is -0.456 e. The van der Waals surface area contributed by atoms with E-state index < -0.39 is 0 Å². The Hall–Kier alpha value is -8.41. The number of rotatable bonds is 5. The first-order valence-electron chi connectivity index (χ1n) is 20.8. The molecule has 62 heavy (non-hydrogen) atoms. The van der Waals surface area contributed by atoms with E-state index in [9.17, 15) is 0 Å². The molecule has 5 heteroatoms. The molecular weight excluding hydrogens is 759 g/mol. The van der Waals surface area contributed by atoms with Crippen molar-refractivity contribution in [2.75, 3.05) is 0 Å². The fourth-order valence-electron chi connectivity index (χ4n) is 9.27. The average molecular weight is 792 g/mol. The molecule has 0 N–H and O–H groups in total. The molecule has 10 aromatic carbocycles. The van der Waals surface area contributed by atoms with Crippen LogP contribution in [0.1, 0.15) is 0 Å². The van der Waals surface area contributed by atoms with Gasteiger partial charge in [0, 0.05) is 38.2 Å². The van der Waals surface area contributed by atoms with Gasteiger partial charge in [0.2, 0.25) is 0 Å². The van der Waals surface area contributed by atoms with Crippen LogP contribution >= 0.6 is 0 Å². The Morgan fingerprint density at radius 1 is 0.258 bits per heavy atom. The molecule has 0 aliphatic carbocycles. The lowest BCUT2D eigenvalue weighted by Gasteiger charge is -2.14. The van der Waals surface area contributed by atoms with E-state index in [0.29, 0.717) is 17.5 Å². The normalized spacial score (nSPS) is 11.9. The van der Waals surface area contributed by atoms with E-state index in [1.54, 1.807) is 0 Å². The maximum absolute atomic E-state index is 6.32. The van der Waals surface area contributed by atoms with Crippen molar-refractivity contribution in [2.45, 2.75) is 0 Å². The van der Waals surface area contributed by atoms with Crippen LogP contribution in [0, 0.1) is 0 Å². The summed E-state index contributed by atoms with van der Waals surface area (Å²) in [6, 6.07) is 70.0.